The molecule has 120 valence electrons. The number of halogens is 1. The predicted octanol–water partition coefficient (Wildman–Crippen LogP) is 4.70. The first-order chi connectivity index (χ1) is 10.1. The lowest BCUT2D eigenvalue weighted by molar-refractivity contribution is 0.268. The maximum atomic E-state index is 5.92. The van der Waals surface area contributed by atoms with Crippen LogP contribution in [-0.4, -0.2) is 19.3 Å². The highest BCUT2D eigenvalue weighted by molar-refractivity contribution is 9.10. The van der Waals surface area contributed by atoms with Crippen LogP contribution in [0.1, 0.15) is 52.0 Å². The molecular weight excluding hydrogens is 330 g/mol. The third-order valence-corrected chi connectivity index (χ3v) is 3.76. The quantitative estimate of drug-likeness (QED) is 0.617. The van der Waals surface area contributed by atoms with Crippen molar-refractivity contribution in [2.75, 3.05) is 13.2 Å². The second-order valence-corrected chi connectivity index (χ2v) is 6.28. The zero-order chi connectivity index (χ0) is 15.7. The normalized spacial score (nSPS) is 12.2. The van der Waals surface area contributed by atoms with E-state index < -0.39 is 0 Å². The van der Waals surface area contributed by atoms with Gasteiger partial charge in [0.15, 0.2) is 11.5 Å². The molecule has 0 saturated heterocycles. The van der Waals surface area contributed by atoms with Crippen LogP contribution in [0.2, 0.25) is 0 Å². The summed E-state index contributed by atoms with van der Waals surface area (Å²) in [5.74, 6) is 1.61. The maximum Gasteiger partial charge on any atom is 0.175 e. The molecule has 0 aliphatic rings. The number of hydrogen-bond donors (Lipinski definition) is 1. The van der Waals surface area contributed by atoms with Crippen molar-refractivity contribution in [3.63, 3.8) is 0 Å². The Morgan fingerprint density at radius 3 is 2.52 bits per heavy atom. The molecule has 0 aliphatic heterocycles. The molecule has 1 rings (SSSR count). The van der Waals surface area contributed by atoms with E-state index >= 15 is 0 Å². The lowest BCUT2D eigenvalue weighted by Crippen LogP contribution is -2.17. The van der Waals surface area contributed by atoms with E-state index in [0.29, 0.717) is 6.61 Å². The first kappa shape index (κ1) is 18.3. The van der Waals surface area contributed by atoms with Gasteiger partial charge < -0.3 is 15.2 Å². The average molecular weight is 358 g/mol. The van der Waals surface area contributed by atoms with Crippen molar-refractivity contribution < 1.29 is 9.47 Å². The van der Waals surface area contributed by atoms with Crippen LogP contribution in [0.15, 0.2) is 16.6 Å². The molecule has 4 heteroatoms. The van der Waals surface area contributed by atoms with Gasteiger partial charge >= 0.3 is 0 Å². The largest absolute Gasteiger partial charge is 0.490 e. The molecule has 0 aliphatic carbocycles. The van der Waals surface area contributed by atoms with Crippen LogP contribution in [0.25, 0.3) is 0 Å². The fourth-order valence-electron chi connectivity index (χ4n) is 2.22. The summed E-state index contributed by atoms with van der Waals surface area (Å²) in [6, 6.07) is 4.25. The van der Waals surface area contributed by atoms with Crippen LogP contribution in [0, 0.1) is 0 Å². The van der Waals surface area contributed by atoms with Gasteiger partial charge in [0.25, 0.3) is 0 Å². The fourth-order valence-corrected chi connectivity index (χ4v) is 2.82. The first-order valence-electron chi connectivity index (χ1n) is 7.92. The minimum atomic E-state index is 0.132. The number of benzene rings is 1. The molecule has 1 atom stereocenters. The van der Waals surface area contributed by atoms with Crippen molar-refractivity contribution in [1.82, 2.24) is 0 Å². The zero-order valence-electron chi connectivity index (χ0n) is 13.5. The van der Waals surface area contributed by atoms with Gasteiger partial charge in [-0.1, -0.05) is 26.2 Å². The Labute approximate surface area is 137 Å². The summed E-state index contributed by atoms with van der Waals surface area (Å²) in [6.45, 7) is 7.55. The van der Waals surface area contributed by atoms with Crippen molar-refractivity contribution in [2.24, 2.45) is 5.73 Å². The number of rotatable bonds is 10. The van der Waals surface area contributed by atoms with Gasteiger partial charge in [-0.3, -0.25) is 0 Å². The minimum absolute atomic E-state index is 0.132. The van der Waals surface area contributed by atoms with Gasteiger partial charge in [0, 0.05) is 6.04 Å². The maximum absolute atomic E-state index is 5.92. The molecule has 0 heterocycles. The van der Waals surface area contributed by atoms with Crippen LogP contribution in [0.4, 0.5) is 0 Å². The molecule has 0 spiro atoms. The van der Waals surface area contributed by atoms with Gasteiger partial charge in [-0.25, -0.2) is 0 Å². The first-order valence-corrected chi connectivity index (χ1v) is 8.71. The summed E-state index contributed by atoms with van der Waals surface area (Å²) in [4.78, 5) is 0. The minimum Gasteiger partial charge on any atom is -0.490 e. The van der Waals surface area contributed by atoms with E-state index in [0.717, 1.165) is 35.4 Å². The van der Waals surface area contributed by atoms with E-state index in [1.165, 1.54) is 24.8 Å². The van der Waals surface area contributed by atoms with Crippen LogP contribution < -0.4 is 15.2 Å². The summed E-state index contributed by atoms with van der Waals surface area (Å²) in [7, 11) is 0. The number of ether oxygens (including phenoxy) is 2. The van der Waals surface area contributed by atoms with Gasteiger partial charge in [0.1, 0.15) is 0 Å². The van der Waals surface area contributed by atoms with Gasteiger partial charge in [0.2, 0.25) is 0 Å². The molecule has 3 nitrogen and oxygen atoms in total. The molecule has 0 aromatic heterocycles. The van der Waals surface area contributed by atoms with Crippen molar-refractivity contribution in [3.8, 4) is 11.5 Å². The van der Waals surface area contributed by atoms with E-state index in [9.17, 15) is 0 Å². The lowest BCUT2D eigenvalue weighted by Gasteiger charge is -2.16. The van der Waals surface area contributed by atoms with Crippen LogP contribution in [0.5, 0.6) is 11.5 Å². The third kappa shape index (κ3) is 6.70. The van der Waals surface area contributed by atoms with Gasteiger partial charge in [-0.15, -0.1) is 0 Å². The number of hydrogen-bond acceptors (Lipinski definition) is 3. The van der Waals surface area contributed by atoms with Crippen molar-refractivity contribution in [1.29, 1.82) is 0 Å². The summed E-state index contributed by atoms with van der Waals surface area (Å²) < 4.78 is 12.6. The van der Waals surface area contributed by atoms with Gasteiger partial charge in [-0.2, -0.15) is 0 Å². The summed E-state index contributed by atoms with van der Waals surface area (Å²) in [5, 5.41) is 0. The van der Waals surface area contributed by atoms with Crippen LogP contribution in [-0.2, 0) is 6.42 Å². The Hall–Kier alpha value is -0.740. The Morgan fingerprint density at radius 1 is 1.14 bits per heavy atom. The monoisotopic (exact) mass is 357 g/mol. The van der Waals surface area contributed by atoms with E-state index in [4.69, 9.17) is 15.2 Å². The highest BCUT2D eigenvalue weighted by Crippen LogP contribution is 2.37. The highest BCUT2D eigenvalue weighted by atomic mass is 79.9. The van der Waals surface area contributed by atoms with Crippen LogP contribution >= 0.6 is 15.9 Å². The third-order valence-electron chi connectivity index (χ3n) is 3.17. The van der Waals surface area contributed by atoms with Gasteiger partial charge in [-0.05, 0) is 60.3 Å². The second kappa shape index (κ2) is 10.1. The van der Waals surface area contributed by atoms with Crippen molar-refractivity contribution >= 4 is 15.9 Å². The molecule has 1 aromatic carbocycles. The highest BCUT2D eigenvalue weighted by Gasteiger charge is 2.13. The molecule has 1 aromatic rings. The van der Waals surface area contributed by atoms with E-state index in [-0.39, 0.29) is 6.04 Å². The standard InChI is InChI=1S/C17H28BrNO2/c1-4-6-7-8-9-21-17-15(18)11-14(10-13(3)19)12-16(17)20-5-2/h11-13H,4-10,19H2,1-3H3. The average Bonchev–Trinajstić information content (AvgIpc) is 2.40. The SMILES string of the molecule is CCCCCCOc1c(Br)cc(CC(C)N)cc1OCC. The zero-order valence-corrected chi connectivity index (χ0v) is 15.0. The topological polar surface area (TPSA) is 44.5 Å². The predicted molar refractivity (Wildman–Crippen MR) is 92.3 cm³/mol. The van der Waals surface area contributed by atoms with Crippen LogP contribution in [0.3, 0.4) is 0 Å². The van der Waals surface area contributed by atoms with Gasteiger partial charge in [0.05, 0.1) is 17.7 Å². The lowest BCUT2D eigenvalue weighted by atomic mass is 10.1. The van der Waals surface area contributed by atoms with Crippen molar-refractivity contribution in [2.45, 2.75) is 58.9 Å². The molecule has 21 heavy (non-hydrogen) atoms. The Kier molecular flexibility index (Phi) is 8.77. The van der Waals surface area contributed by atoms with E-state index in [1.54, 1.807) is 0 Å². The molecular formula is C17H28BrNO2. The molecule has 2 N–H and O–H groups in total. The van der Waals surface area contributed by atoms with E-state index in [2.05, 4.69) is 28.9 Å². The second-order valence-electron chi connectivity index (χ2n) is 5.43. The molecule has 0 fully saturated rings. The molecule has 0 bridgehead atoms. The van der Waals surface area contributed by atoms with E-state index in [1.807, 2.05) is 19.9 Å². The summed E-state index contributed by atoms with van der Waals surface area (Å²) in [6.07, 6.45) is 5.61. The Balaban J connectivity index is 2.76. The molecule has 0 radical (unpaired) electrons. The Morgan fingerprint density at radius 2 is 1.90 bits per heavy atom. The smallest absolute Gasteiger partial charge is 0.175 e. The molecule has 0 amide bonds. The summed E-state index contributed by atoms with van der Waals surface area (Å²) >= 11 is 3.59. The fraction of sp³-hybridized carbons (Fsp3) is 0.647. The number of nitrogens with two attached hydrogens (primary N) is 1. The number of unbranched alkanes of at least 4 members (excludes halogenated alkanes) is 3. The van der Waals surface area contributed by atoms with Crippen molar-refractivity contribution in [3.05, 3.63) is 22.2 Å². The summed E-state index contributed by atoms with van der Waals surface area (Å²) in [5.41, 5.74) is 7.04. The molecule has 1 unspecified atom stereocenters. The Bertz CT molecular complexity index is 421. The molecule has 0 saturated carbocycles.